The van der Waals surface area contributed by atoms with Gasteiger partial charge in [0.05, 0.1) is 0 Å². The third-order valence-electron chi connectivity index (χ3n) is 0.888. The van der Waals surface area contributed by atoms with Crippen molar-refractivity contribution in [1.82, 2.24) is 10.2 Å². The summed E-state index contributed by atoms with van der Waals surface area (Å²) in [5.74, 6) is 0. The molecular formula is C5H9F2N2O. The number of carbonyl (C=O) groups excluding carboxylic acids is 1. The minimum Gasteiger partial charge on any atom is -0.269 e. The zero-order valence-electron chi connectivity index (χ0n) is 5.84. The van der Waals surface area contributed by atoms with Crippen LogP contribution >= 0.6 is 0 Å². The van der Waals surface area contributed by atoms with E-state index in [4.69, 9.17) is 0 Å². The molecule has 0 aliphatic rings. The molecule has 10 heavy (non-hydrogen) atoms. The normalized spacial score (nSPS) is 9.70. The summed E-state index contributed by atoms with van der Waals surface area (Å²) < 4.78 is 23.3. The third-order valence-corrected chi connectivity index (χ3v) is 0.888. The Balaban J connectivity index is 3.71. The van der Waals surface area contributed by atoms with E-state index in [0.29, 0.717) is 0 Å². The Bertz CT molecular complexity index is 118. The summed E-state index contributed by atoms with van der Waals surface area (Å²) in [5, 5.41) is 3.25. The molecule has 1 radical (unpaired) electrons. The van der Waals surface area contributed by atoms with Gasteiger partial charge in [-0.2, -0.15) is 8.78 Å². The van der Waals surface area contributed by atoms with Crippen molar-refractivity contribution in [3.05, 3.63) is 0 Å². The van der Waals surface area contributed by atoms with Gasteiger partial charge in [0, 0.05) is 13.6 Å². The van der Waals surface area contributed by atoms with Crippen LogP contribution in [-0.4, -0.2) is 31.1 Å². The fourth-order valence-electron chi connectivity index (χ4n) is 0.330. The summed E-state index contributed by atoms with van der Waals surface area (Å²) >= 11 is 0. The molecule has 59 valence electrons. The van der Waals surface area contributed by atoms with E-state index in [1.807, 2.05) is 0 Å². The van der Waals surface area contributed by atoms with Crippen LogP contribution in [0.5, 0.6) is 0 Å². The predicted octanol–water partition coefficient (Wildman–Crippen LogP) is 0.885. The first-order chi connectivity index (χ1) is 4.59. The molecule has 0 aliphatic heterocycles. The van der Waals surface area contributed by atoms with Crippen LogP contribution in [0.3, 0.4) is 0 Å². The van der Waals surface area contributed by atoms with Crippen LogP contribution < -0.4 is 5.32 Å². The molecule has 0 heterocycles. The van der Waals surface area contributed by atoms with E-state index in [9.17, 15) is 13.6 Å². The Kier molecular flexibility index (Phi) is 3.68. The van der Waals surface area contributed by atoms with Gasteiger partial charge in [-0.1, -0.05) is 0 Å². The molecular weight excluding hydrogens is 142 g/mol. The van der Waals surface area contributed by atoms with Gasteiger partial charge in [-0.25, -0.2) is 10.1 Å². The molecule has 0 rings (SSSR count). The standard InChI is InChI=1S/C5H9F2N2O/c1-3-8-5(10)9(2)4(6)7/h4H,3H2,1-2H3. The molecule has 0 bridgehead atoms. The number of nitrogens with zero attached hydrogens (tertiary/aromatic N) is 2. The van der Waals surface area contributed by atoms with Crippen molar-refractivity contribution in [2.24, 2.45) is 0 Å². The lowest BCUT2D eigenvalue weighted by atomic mass is 10.7. The molecule has 0 spiro atoms. The maximum atomic E-state index is 11.6. The summed E-state index contributed by atoms with van der Waals surface area (Å²) in [6, 6.07) is -0.877. The Labute approximate surface area is 58.0 Å². The molecule has 0 aliphatic carbocycles. The van der Waals surface area contributed by atoms with Crippen LogP contribution in [0.4, 0.5) is 13.6 Å². The van der Waals surface area contributed by atoms with Crippen molar-refractivity contribution in [3.63, 3.8) is 0 Å². The van der Waals surface area contributed by atoms with E-state index < -0.39 is 12.6 Å². The first kappa shape index (κ1) is 9.13. The topological polar surface area (TPSA) is 34.4 Å². The quantitative estimate of drug-likeness (QED) is 0.539. The van der Waals surface area contributed by atoms with Crippen molar-refractivity contribution >= 4 is 6.03 Å². The highest BCUT2D eigenvalue weighted by Gasteiger charge is 2.16. The van der Waals surface area contributed by atoms with E-state index in [2.05, 4.69) is 5.32 Å². The van der Waals surface area contributed by atoms with Crippen LogP contribution in [0.1, 0.15) is 6.92 Å². The van der Waals surface area contributed by atoms with Gasteiger partial charge in [0.1, 0.15) is 0 Å². The highest BCUT2D eigenvalue weighted by atomic mass is 19.3. The molecule has 3 nitrogen and oxygen atoms in total. The van der Waals surface area contributed by atoms with E-state index >= 15 is 0 Å². The predicted molar refractivity (Wildman–Crippen MR) is 31.8 cm³/mol. The molecule has 0 unspecified atom stereocenters. The first-order valence-electron chi connectivity index (χ1n) is 2.82. The van der Waals surface area contributed by atoms with Crippen molar-refractivity contribution < 1.29 is 13.6 Å². The molecule has 0 aromatic rings. The molecule has 2 amide bonds. The summed E-state index contributed by atoms with van der Waals surface area (Å²) in [6.45, 7) is -0.921. The van der Waals surface area contributed by atoms with E-state index in [0.717, 1.165) is 7.05 Å². The van der Waals surface area contributed by atoms with E-state index in [-0.39, 0.29) is 11.4 Å². The van der Waals surface area contributed by atoms with Crippen molar-refractivity contribution in [3.8, 4) is 0 Å². The van der Waals surface area contributed by atoms with Crippen LogP contribution in [0.2, 0.25) is 0 Å². The molecule has 0 saturated heterocycles. The van der Waals surface area contributed by atoms with Crippen molar-refractivity contribution in [2.75, 3.05) is 13.6 Å². The molecule has 0 aromatic carbocycles. The minimum absolute atomic E-state index is 0.232. The summed E-state index contributed by atoms with van der Waals surface area (Å²) in [7, 11) is 1.01. The number of carbonyl (C=O) groups is 1. The Morgan fingerprint density at radius 1 is 1.70 bits per heavy atom. The number of rotatable bonds is 2. The summed E-state index contributed by atoms with van der Waals surface area (Å²) in [4.78, 5) is 10.7. The van der Waals surface area contributed by atoms with Gasteiger partial charge in [-0.3, -0.25) is 4.90 Å². The first-order valence-corrected chi connectivity index (χ1v) is 2.82. The molecule has 0 fully saturated rings. The minimum atomic E-state index is -2.76. The second-order valence-corrected chi connectivity index (χ2v) is 1.65. The maximum absolute atomic E-state index is 11.6. The smallest absolute Gasteiger partial charge is 0.269 e. The Morgan fingerprint density at radius 2 is 2.20 bits per heavy atom. The monoisotopic (exact) mass is 151 g/mol. The van der Waals surface area contributed by atoms with Crippen LogP contribution in [0.15, 0.2) is 0 Å². The average molecular weight is 151 g/mol. The van der Waals surface area contributed by atoms with Gasteiger partial charge >= 0.3 is 12.6 Å². The number of amides is 2. The average Bonchev–Trinajstić information content (AvgIpc) is 1.87. The van der Waals surface area contributed by atoms with Gasteiger partial charge in [0.25, 0.3) is 0 Å². The highest BCUT2D eigenvalue weighted by molar-refractivity contribution is 5.73. The van der Waals surface area contributed by atoms with Crippen LogP contribution in [0.25, 0.3) is 0 Å². The fraction of sp³-hybridized carbons (Fsp3) is 0.800. The zero-order valence-corrected chi connectivity index (χ0v) is 5.84. The summed E-state index contributed by atoms with van der Waals surface area (Å²) in [6.07, 6.45) is 0. The lowest BCUT2D eigenvalue weighted by molar-refractivity contribution is 0.0173. The number of alkyl halides is 2. The van der Waals surface area contributed by atoms with Gasteiger partial charge in [-0.05, 0) is 6.92 Å². The second kappa shape index (κ2) is 4.03. The molecule has 0 aromatic heterocycles. The van der Waals surface area contributed by atoms with Crippen LogP contribution in [-0.2, 0) is 0 Å². The number of hydrogen-bond donors (Lipinski definition) is 0. The third kappa shape index (κ3) is 2.61. The van der Waals surface area contributed by atoms with Gasteiger partial charge in [0.2, 0.25) is 0 Å². The van der Waals surface area contributed by atoms with Gasteiger partial charge < -0.3 is 0 Å². The Morgan fingerprint density at radius 3 is 2.50 bits per heavy atom. The van der Waals surface area contributed by atoms with Crippen molar-refractivity contribution in [1.29, 1.82) is 0 Å². The van der Waals surface area contributed by atoms with E-state index in [1.165, 1.54) is 0 Å². The maximum Gasteiger partial charge on any atom is 0.343 e. The van der Waals surface area contributed by atoms with E-state index in [1.54, 1.807) is 6.92 Å². The molecule has 0 atom stereocenters. The molecule has 0 saturated carbocycles. The Hall–Kier alpha value is -0.870. The fourth-order valence-corrected chi connectivity index (χ4v) is 0.330. The second-order valence-electron chi connectivity index (χ2n) is 1.65. The van der Waals surface area contributed by atoms with Gasteiger partial charge in [-0.15, -0.1) is 0 Å². The van der Waals surface area contributed by atoms with Crippen molar-refractivity contribution in [2.45, 2.75) is 13.5 Å². The summed E-state index contributed by atoms with van der Waals surface area (Å²) in [5.41, 5.74) is 0. The number of hydrogen-bond acceptors (Lipinski definition) is 1. The lowest BCUT2D eigenvalue weighted by Gasteiger charge is -2.13. The highest BCUT2D eigenvalue weighted by Crippen LogP contribution is 1.98. The molecule has 0 N–H and O–H groups in total. The number of urea groups is 1. The zero-order chi connectivity index (χ0) is 8.15. The van der Waals surface area contributed by atoms with Gasteiger partial charge in [0.15, 0.2) is 0 Å². The molecule has 5 heteroatoms. The number of halogens is 2. The lowest BCUT2D eigenvalue weighted by Crippen LogP contribution is -2.36. The van der Waals surface area contributed by atoms with Crippen LogP contribution in [0, 0.1) is 0 Å². The largest absolute Gasteiger partial charge is 0.343 e. The SMILES string of the molecule is CC[N]C(=O)N(C)C(F)F.